The van der Waals surface area contributed by atoms with E-state index in [1.807, 2.05) is 7.05 Å². The van der Waals surface area contributed by atoms with Crippen molar-refractivity contribution in [3.05, 3.63) is 28.2 Å². The summed E-state index contributed by atoms with van der Waals surface area (Å²) in [5, 5.41) is 3.27. The van der Waals surface area contributed by atoms with Gasteiger partial charge < -0.3 is 10.2 Å². The highest BCUT2D eigenvalue weighted by molar-refractivity contribution is 9.10. The van der Waals surface area contributed by atoms with Gasteiger partial charge in [0.05, 0.1) is 0 Å². The van der Waals surface area contributed by atoms with E-state index in [4.69, 9.17) is 0 Å². The number of anilines is 1. The maximum absolute atomic E-state index is 3.60. The molecule has 1 atom stereocenters. The zero-order valence-corrected chi connectivity index (χ0v) is 11.5. The molecule has 0 spiro atoms. The van der Waals surface area contributed by atoms with Crippen molar-refractivity contribution in [2.24, 2.45) is 5.92 Å². The highest BCUT2D eigenvalue weighted by Crippen LogP contribution is 2.27. The fourth-order valence-electron chi connectivity index (χ4n) is 2.30. The van der Waals surface area contributed by atoms with Crippen molar-refractivity contribution in [1.29, 1.82) is 0 Å². The van der Waals surface area contributed by atoms with Gasteiger partial charge in [0.25, 0.3) is 0 Å². The maximum atomic E-state index is 3.60. The van der Waals surface area contributed by atoms with E-state index in [1.54, 1.807) is 0 Å². The summed E-state index contributed by atoms with van der Waals surface area (Å²) in [5.74, 6) is 0.796. The Morgan fingerprint density at radius 3 is 3.00 bits per heavy atom. The van der Waals surface area contributed by atoms with E-state index in [1.165, 1.54) is 35.2 Å². The van der Waals surface area contributed by atoms with Gasteiger partial charge in [-0.05, 0) is 50.6 Å². The average Bonchev–Trinajstić information content (AvgIpc) is 2.71. The Labute approximate surface area is 106 Å². The molecule has 0 aliphatic carbocycles. The summed E-state index contributed by atoms with van der Waals surface area (Å²) in [6.07, 6.45) is 1.30. The second kappa shape index (κ2) is 5.19. The Balaban J connectivity index is 2.05. The van der Waals surface area contributed by atoms with Crippen LogP contribution in [0.25, 0.3) is 0 Å². The Hall–Kier alpha value is -0.540. The van der Waals surface area contributed by atoms with Gasteiger partial charge in [-0.25, -0.2) is 0 Å². The summed E-state index contributed by atoms with van der Waals surface area (Å²) < 4.78 is 1.21. The lowest BCUT2D eigenvalue weighted by Crippen LogP contribution is -2.24. The fourth-order valence-corrected chi connectivity index (χ4v) is 2.67. The predicted octanol–water partition coefficient (Wildman–Crippen LogP) is 2.80. The number of nitrogens with zero attached hydrogens (tertiary/aromatic N) is 1. The van der Waals surface area contributed by atoms with E-state index in [-0.39, 0.29) is 0 Å². The Morgan fingerprint density at radius 1 is 1.50 bits per heavy atom. The molecule has 1 aromatic carbocycles. The number of hydrogen-bond donors (Lipinski definition) is 1. The molecule has 1 unspecified atom stereocenters. The second-order valence-electron chi connectivity index (χ2n) is 4.59. The number of rotatable bonds is 3. The molecule has 0 bridgehead atoms. The van der Waals surface area contributed by atoms with Crippen molar-refractivity contribution in [2.75, 3.05) is 31.6 Å². The van der Waals surface area contributed by atoms with Crippen molar-refractivity contribution >= 4 is 21.6 Å². The maximum Gasteiger partial charge on any atom is 0.0377 e. The summed E-state index contributed by atoms with van der Waals surface area (Å²) in [4.78, 5) is 2.48. The van der Waals surface area contributed by atoms with Crippen molar-refractivity contribution in [3.63, 3.8) is 0 Å². The predicted molar refractivity (Wildman–Crippen MR) is 73.1 cm³/mol. The number of aryl methyl sites for hydroxylation is 1. The van der Waals surface area contributed by atoms with Crippen LogP contribution >= 0.6 is 15.9 Å². The number of halogens is 1. The molecule has 2 rings (SSSR count). The molecule has 1 aliphatic rings. The van der Waals surface area contributed by atoms with Crippen LogP contribution in [0.4, 0.5) is 5.69 Å². The van der Waals surface area contributed by atoms with Gasteiger partial charge in [0.15, 0.2) is 0 Å². The van der Waals surface area contributed by atoms with Crippen LogP contribution in [0.5, 0.6) is 0 Å². The topological polar surface area (TPSA) is 15.3 Å². The Bertz CT molecular complexity index is 365. The highest BCUT2D eigenvalue weighted by Gasteiger charge is 2.22. The van der Waals surface area contributed by atoms with E-state index in [2.05, 4.69) is 51.3 Å². The molecule has 1 aliphatic heterocycles. The lowest BCUT2D eigenvalue weighted by atomic mass is 10.1. The van der Waals surface area contributed by atoms with Gasteiger partial charge in [-0.1, -0.05) is 22.0 Å². The van der Waals surface area contributed by atoms with Gasteiger partial charge in [-0.2, -0.15) is 0 Å². The van der Waals surface area contributed by atoms with Crippen LogP contribution in [-0.4, -0.2) is 26.7 Å². The molecule has 1 heterocycles. The minimum atomic E-state index is 0.796. The van der Waals surface area contributed by atoms with Crippen LogP contribution in [0.3, 0.4) is 0 Å². The zero-order valence-electron chi connectivity index (χ0n) is 9.96. The van der Waals surface area contributed by atoms with Crippen LogP contribution < -0.4 is 10.2 Å². The number of hydrogen-bond acceptors (Lipinski definition) is 2. The monoisotopic (exact) mass is 282 g/mol. The van der Waals surface area contributed by atoms with Crippen molar-refractivity contribution in [2.45, 2.75) is 13.3 Å². The first-order valence-electron chi connectivity index (χ1n) is 5.86. The van der Waals surface area contributed by atoms with E-state index >= 15 is 0 Å². The summed E-state index contributed by atoms with van der Waals surface area (Å²) in [6, 6.07) is 6.64. The van der Waals surface area contributed by atoms with Crippen molar-refractivity contribution in [1.82, 2.24) is 5.32 Å². The molecule has 88 valence electrons. The van der Waals surface area contributed by atoms with Gasteiger partial charge in [0.1, 0.15) is 0 Å². The van der Waals surface area contributed by atoms with Crippen molar-refractivity contribution < 1.29 is 0 Å². The molecule has 0 amide bonds. The van der Waals surface area contributed by atoms with Crippen LogP contribution in [0.15, 0.2) is 22.7 Å². The molecule has 16 heavy (non-hydrogen) atoms. The highest BCUT2D eigenvalue weighted by atomic mass is 79.9. The first kappa shape index (κ1) is 11.9. The second-order valence-corrected chi connectivity index (χ2v) is 5.45. The lowest BCUT2D eigenvalue weighted by Gasteiger charge is -2.19. The molecule has 1 aromatic rings. The molecule has 1 N–H and O–H groups in total. The lowest BCUT2D eigenvalue weighted by molar-refractivity contribution is 0.549. The minimum Gasteiger partial charge on any atom is -0.371 e. The van der Waals surface area contributed by atoms with Crippen LogP contribution in [0.1, 0.15) is 12.0 Å². The third-order valence-electron chi connectivity index (χ3n) is 3.30. The summed E-state index contributed by atoms with van der Waals surface area (Å²) in [6.45, 7) is 5.61. The van der Waals surface area contributed by atoms with Gasteiger partial charge in [-0.15, -0.1) is 0 Å². The van der Waals surface area contributed by atoms with E-state index < -0.39 is 0 Å². The van der Waals surface area contributed by atoms with Gasteiger partial charge in [0, 0.05) is 23.2 Å². The van der Waals surface area contributed by atoms with Gasteiger partial charge in [0.2, 0.25) is 0 Å². The largest absolute Gasteiger partial charge is 0.371 e. The zero-order chi connectivity index (χ0) is 11.5. The average molecular weight is 283 g/mol. The van der Waals surface area contributed by atoms with Crippen LogP contribution in [0.2, 0.25) is 0 Å². The third-order valence-corrected chi connectivity index (χ3v) is 4.15. The summed E-state index contributed by atoms with van der Waals surface area (Å²) in [7, 11) is 2.03. The number of nitrogens with one attached hydrogen (secondary N) is 1. The van der Waals surface area contributed by atoms with Crippen LogP contribution in [-0.2, 0) is 0 Å². The third kappa shape index (κ3) is 2.58. The molecular weight excluding hydrogens is 264 g/mol. The summed E-state index contributed by atoms with van der Waals surface area (Å²) in [5.41, 5.74) is 2.64. The Kier molecular flexibility index (Phi) is 3.87. The van der Waals surface area contributed by atoms with Crippen molar-refractivity contribution in [3.8, 4) is 0 Å². The first-order chi connectivity index (χ1) is 7.70. The van der Waals surface area contributed by atoms with E-state index in [0.717, 1.165) is 12.5 Å². The SMILES string of the molecule is CNCC1CCN(c2ccc(C)c(Br)c2)C1. The van der Waals surface area contributed by atoms with Gasteiger partial charge >= 0.3 is 0 Å². The molecule has 0 aromatic heterocycles. The molecule has 0 radical (unpaired) electrons. The molecular formula is C13H19BrN2. The van der Waals surface area contributed by atoms with E-state index in [9.17, 15) is 0 Å². The molecule has 1 fully saturated rings. The first-order valence-corrected chi connectivity index (χ1v) is 6.65. The normalized spacial score (nSPS) is 20.4. The summed E-state index contributed by atoms with van der Waals surface area (Å²) >= 11 is 3.60. The Morgan fingerprint density at radius 2 is 2.31 bits per heavy atom. The smallest absolute Gasteiger partial charge is 0.0377 e. The quantitative estimate of drug-likeness (QED) is 0.917. The fraction of sp³-hybridized carbons (Fsp3) is 0.538. The number of benzene rings is 1. The standard InChI is InChI=1S/C13H19BrN2/c1-10-3-4-12(7-13(10)14)16-6-5-11(9-16)8-15-2/h3-4,7,11,15H,5-6,8-9H2,1-2H3. The molecule has 2 nitrogen and oxygen atoms in total. The molecule has 0 saturated carbocycles. The van der Waals surface area contributed by atoms with E-state index in [0.29, 0.717) is 0 Å². The van der Waals surface area contributed by atoms with Gasteiger partial charge in [-0.3, -0.25) is 0 Å². The van der Waals surface area contributed by atoms with Crippen LogP contribution in [0, 0.1) is 12.8 Å². The molecule has 1 saturated heterocycles. The molecule has 3 heteroatoms. The minimum absolute atomic E-state index is 0.796.